The summed E-state index contributed by atoms with van der Waals surface area (Å²) < 4.78 is 5.99. The predicted molar refractivity (Wildman–Crippen MR) is 122 cm³/mol. The molecule has 6 heteroatoms. The van der Waals surface area contributed by atoms with Gasteiger partial charge in [-0.2, -0.15) is 0 Å². The third-order valence-corrected chi connectivity index (χ3v) is 5.48. The lowest BCUT2D eigenvalue weighted by molar-refractivity contribution is 0.0951. The maximum Gasteiger partial charge on any atom is 0.252 e. The van der Waals surface area contributed by atoms with Gasteiger partial charge in [-0.1, -0.05) is 42.0 Å². The zero-order valence-corrected chi connectivity index (χ0v) is 18.0. The zero-order valence-electron chi connectivity index (χ0n) is 17.2. The lowest BCUT2D eigenvalue weighted by atomic mass is 9.96. The molecule has 158 valence electrons. The predicted octanol–water partition coefficient (Wildman–Crippen LogP) is 4.86. The molecule has 3 aromatic rings. The van der Waals surface area contributed by atoms with Gasteiger partial charge in [-0.25, -0.2) is 4.98 Å². The second kappa shape index (κ2) is 10.4. The van der Waals surface area contributed by atoms with E-state index in [0.29, 0.717) is 35.2 Å². The number of nitrogens with zero attached hydrogens (tertiary/aromatic N) is 1. The highest BCUT2D eigenvalue weighted by Gasteiger charge is 2.18. The molecule has 1 unspecified atom stereocenters. The van der Waals surface area contributed by atoms with Crippen molar-refractivity contribution >= 4 is 18.3 Å². The van der Waals surface area contributed by atoms with Crippen LogP contribution in [0.4, 0.5) is 0 Å². The first kappa shape index (κ1) is 22.1. The summed E-state index contributed by atoms with van der Waals surface area (Å²) in [6, 6.07) is 15.6. The average molecular weight is 426 g/mol. The molecule has 1 saturated heterocycles. The molecule has 2 aromatic carbocycles. The third-order valence-electron chi connectivity index (χ3n) is 5.48. The maximum atomic E-state index is 12.8. The summed E-state index contributed by atoms with van der Waals surface area (Å²) in [4.78, 5) is 17.2. The number of halogens is 1. The van der Waals surface area contributed by atoms with Gasteiger partial charge in [0.15, 0.2) is 5.76 Å². The normalized spacial score (nSPS) is 16.0. The monoisotopic (exact) mass is 425 g/mol. The van der Waals surface area contributed by atoms with Crippen LogP contribution in [0, 0.1) is 12.8 Å². The molecule has 5 nitrogen and oxygen atoms in total. The minimum Gasteiger partial charge on any atom is -0.436 e. The summed E-state index contributed by atoms with van der Waals surface area (Å²) >= 11 is 0. The molecule has 1 fully saturated rings. The van der Waals surface area contributed by atoms with Crippen LogP contribution in [0.5, 0.6) is 0 Å². The van der Waals surface area contributed by atoms with Crippen molar-refractivity contribution < 1.29 is 9.21 Å². The molecular weight excluding hydrogens is 398 g/mol. The van der Waals surface area contributed by atoms with Gasteiger partial charge >= 0.3 is 0 Å². The molecule has 1 amide bonds. The van der Waals surface area contributed by atoms with Gasteiger partial charge < -0.3 is 15.1 Å². The van der Waals surface area contributed by atoms with Gasteiger partial charge in [0.1, 0.15) is 0 Å². The van der Waals surface area contributed by atoms with Crippen LogP contribution in [-0.2, 0) is 0 Å². The number of hydrogen-bond acceptors (Lipinski definition) is 4. The maximum absolute atomic E-state index is 12.8. The molecule has 4 rings (SSSR count). The summed E-state index contributed by atoms with van der Waals surface area (Å²) in [6.07, 6.45) is 5.16. The van der Waals surface area contributed by atoms with Crippen LogP contribution < -0.4 is 10.6 Å². The first-order chi connectivity index (χ1) is 14.2. The first-order valence-corrected chi connectivity index (χ1v) is 10.3. The van der Waals surface area contributed by atoms with Crippen molar-refractivity contribution in [2.24, 2.45) is 5.92 Å². The zero-order chi connectivity index (χ0) is 20.1. The number of carbonyl (C=O) groups excluding carboxylic acids is 1. The molecule has 2 N–H and O–H groups in total. The number of amides is 1. The minimum atomic E-state index is -0.0838. The van der Waals surface area contributed by atoms with Crippen molar-refractivity contribution in [2.75, 3.05) is 19.6 Å². The van der Waals surface area contributed by atoms with Crippen LogP contribution in [0.1, 0.15) is 35.2 Å². The second-order valence-electron chi connectivity index (χ2n) is 7.70. The van der Waals surface area contributed by atoms with Gasteiger partial charge in [0, 0.05) is 17.7 Å². The first-order valence-electron chi connectivity index (χ1n) is 10.3. The van der Waals surface area contributed by atoms with Crippen LogP contribution in [-0.4, -0.2) is 30.5 Å². The van der Waals surface area contributed by atoms with E-state index >= 15 is 0 Å². The smallest absolute Gasteiger partial charge is 0.252 e. The highest BCUT2D eigenvalue weighted by molar-refractivity contribution is 6.00. The van der Waals surface area contributed by atoms with E-state index in [4.69, 9.17) is 4.42 Å². The molecular formula is C24H28ClN3O2. The highest BCUT2D eigenvalue weighted by atomic mass is 35.5. The largest absolute Gasteiger partial charge is 0.436 e. The van der Waals surface area contributed by atoms with Crippen molar-refractivity contribution in [3.8, 4) is 22.8 Å². The Morgan fingerprint density at radius 2 is 2.00 bits per heavy atom. The van der Waals surface area contributed by atoms with Crippen molar-refractivity contribution in [2.45, 2.75) is 26.2 Å². The van der Waals surface area contributed by atoms with Crippen LogP contribution >= 0.6 is 12.4 Å². The molecule has 1 aromatic heterocycles. The molecule has 0 aliphatic carbocycles. The van der Waals surface area contributed by atoms with Gasteiger partial charge in [-0.15, -0.1) is 12.4 Å². The number of benzene rings is 2. The quantitative estimate of drug-likeness (QED) is 0.591. The number of aromatic nitrogens is 1. The van der Waals surface area contributed by atoms with E-state index in [-0.39, 0.29) is 18.3 Å². The second-order valence-corrected chi connectivity index (χ2v) is 7.70. The summed E-state index contributed by atoms with van der Waals surface area (Å²) in [6.45, 7) is 4.89. The molecule has 0 radical (unpaired) electrons. The third kappa shape index (κ3) is 5.29. The van der Waals surface area contributed by atoms with E-state index in [1.165, 1.54) is 18.4 Å². The van der Waals surface area contributed by atoms with Crippen molar-refractivity contribution in [3.63, 3.8) is 0 Å². The lowest BCUT2D eigenvalue weighted by Crippen LogP contribution is -2.33. The number of nitrogens with one attached hydrogen (secondary N) is 2. The van der Waals surface area contributed by atoms with Gasteiger partial charge in [0.2, 0.25) is 5.89 Å². The Labute approximate surface area is 183 Å². The van der Waals surface area contributed by atoms with E-state index in [2.05, 4.69) is 22.5 Å². The Morgan fingerprint density at radius 3 is 2.77 bits per heavy atom. The van der Waals surface area contributed by atoms with E-state index in [0.717, 1.165) is 25.1 Å². The minimum absolute atomic E-state index is 0. The Kier molecular flexibility index (Phi) is 7.66. The van der Waals surface area contributed by atoms with E-state index in [9.17, 15) is 4.79 Å². The Morgan fingerprint density at radius 1 is 1.20 bits per heavy atom. The Balaban J connectivity index is 0.00000256. The number of piperidine rings is 1. The fourth-order valence-corrected chi connectivity index (χ4v) is 3.77. The Bertz CT molecular complexity index is 963. The van der Waals surface area contributed by atoms with E-state index < -0.39 is 0 Å². The molecule has 0 saturated carbocycles. The topological polar surface area (TPSA) is 67.2 Å². The van der Waals surface area contributed by atoms with Crippen molar-refractivity contribution in [1.29, 1.82) is 0 Å². The number of aryl methyl sites for hydroxylation is 1. The van der Waals surface area contributed by atoms with Gasteiger partial charge in [0.05, 0.1) is 11.8 Å². The SMILES string of the molecule is Cc1ccc(-c2cnc(-c3ccccc3C(=O)NCCC3CCCNC3)o2)cc1.Cl. The fourth-order valence-electron chi connectivity index (χ4n) is 3.77. The molecule has 30 heavy (non-hydrogen) atoms. The molecule has 1 atom stereocenters. The van der Waals surface area contributed by atoms with Crippen LogP contribution in [0.15, 0.2) is 59.1 Å². The average Bonchev–Trinajstić information content (AvgIpc) is 3.25. The lowest BCUT2D eigenvalue weighted by Gasteiger charge is -2.22. The van der Waals surface area contributed by atoms with Crippen molar-refractivity contribution in [1.82, 2.24) is 15.6 Å². The summed E-state index contributed by atoms with van der Waals surface area (Å²) in [5.41, 5.74) is 3.46. The number of oxazole rings is 1. The number of hydrogen-bond donors (Lipinski definition) is 2. The number of carbonyl (C=O) groups is 1. The fraction of sp³-hybridized carbons (Fsp3) is 0.333. The standard InChI is InChI=1S/C24H27N3O2.ClH/c1-17-8-10-19(11-9-17)22-16-27-24(29-22)21-7-3-2-6-20(21)23(28)26-14-12-18-5-4-13-25-15-18;/h2-3,6-11,16,18,25H,4-5,12-15H2,1H3,(H,26,28);1H. The highest BCUT2D eigenvalue weighted by Crippen LogP contribution is 2.28. The molecule has 2 heterocycles. The van der Waals surface area contributed by atoms with Gasteiger partial charge in [-0.3, -0.25) is 4.79 Å². The Hall–Kier alpha value is -2.63. The van der Waals surface area contributed by atoms with Gasteiger partial charge in [0.25, 0.3) is 5.91 Å². The van der Waals surface area contributed by atoms with Crippen LogP contribution in [0.25, 0.3) is 22.8 Å². The van der Waals surface area contributed by atoms with E-state index in [1.807, 2.05) is 48.5 Å². The summed E-state index contributed by atoms with van der Waals surface area (Å²) in [7, 11) is 0. The molecule has 0 bridgehead atoms. The summed E-state index contributed by atoms with van der Waals surface area (Å²) in [5.74, 6) is 1.71. The van der Waals surface area contributed by atoms with Crippen molar-refractivity contribution in [3.05, 3.63) is 65.9 Å². The van der Waals surface area contributed by atoms with Crippen LogP contribution in [0.3, 0.4) is 0 Å². The number of rotatable bonds is 6. The molecule has 1 aliphatic heterocycles. The van der Waals surface area contributed by atoms with E-state index in [1.54, 1.807) is 6.20 Å². The summed E-state index contributed by atoms with van der Waals surface area (Å²) in [5, 5.41) is 6.49. The molecule has 0 spiro atoms. The van der Waals surface area contributed by atoms with Crippen LogP contribution in [0.2, 0.25) is 0 Å². The molecule has 1 aliphatic rings. The van der Waals surface area contributed by atoms with Gasteiger partial charge in [-0.05, 0) is 57.3 Å².